The smallest absolute Gasteiger partial charge is 0.241 e. The summed E-state index contributed by atoms with van der Waals surface area (Å²) in [6.45, 7) is 1.86. The van der Waals surface area contributed by atoms with E-state index in [1.54, 1.807) is 24.7 Å². The molecular formula is C11H14N6O. The average molecular weight is 246 g/mol. The number of rotatable bonds is 4. The van der Waals surface area contributed by atoms with Gasteiger partial charge in [0.05, 0.1) is 17.9 Å². The molecule has 2 aromatic heterocycles. The van der Waals surface area contributed by atoms with Crippen molar-refractivity contribution in [3.63, 3.8) is 0 Å². The molecule has 3 N–H and O–H groups in total. The normalized spacial score (nSPS) is 12.1. The topological polar surface area (TPSA) is 98.7 Å². The number of nitrogens with zero attached hydrogens (tertiary/aromatic N) is 4. The monoisotopic (exact) mass is 246 g/mol. The second-order valence-electron chi connectivity index (χ2n) is 3.75. The molecule has 0 aliphatic carbocycles. The number of nitrogens with two attached hydrogens (primary N) is 1. The van der Waals surface area contributed by atoms with Crippen LogP contribution in [0, 0.1) is 0 Å². The molecule has 2 heterocycles. The van der Waals surface area contributed by atoms with Gasteiger partial charge in [0.25, 0.3) is 0 Å². The molecular weight excluding hydrogens is 232 g/mol. The fourth-order valence-corrected chi connectivity index (χ4v) is 1.34. The lowest BCUT2D eigenvalue weighted by Gasteiger charge is -2.09. The summed E-state index contributed by atoms with van der Waals surface area (Å²) in [4.78, 5) is 19.6. The van der Waals surface area contributed by atoms with Gasteiger partial charge in [0.15, 0.2) is 5.82 Å². The zero-order chi connectivity index (χ0) is 13.0. The van der Waals surface area contributed by atoms with E-state index in [-0.39, 0.29) is 5.91 Å². The molecule has 2 aromatic rings. The highest BCUT2D eigenvalue weighted by Gasteiger charge is 2.11. The summed E-state index contributed by atoms with van der Waals surface area (Å²) in [6.07, 6.45) is 5.12. The number of nitrogens with one attached hydrogen (secondary N) is 1. The van der Waals surface area contributed by atoms with Gasteiger partial charge in [0.2, 0.25) is 5.91 Å². The van der Waals surface area contributed by atoms with Crippen molar-refractivity contribution in [3.05, 3.63) is 31.0 Å². The van der Waals surface area contributed by atoms with E-state index in [4.69, 9.17) is 5.73 Å². The van der Waals surface area contributed by atoms with Gasteiger partial charge in [-0.2, -0.15) is 5.10 Å². The number of hydrogen-bond donors (Lipinski definition) is 2. The van der Waals surface area contributed by atoms with Crippen LogP contribution in [0.2, 0.25) is 0 Å². The van der Waals surface area contributed by atoms with Crippen LogP contribution in [0.3, 0.4) is 0 Å². The summed E-state index contributed by atoms with van der Waals surface area (Å²) in [7, 11) is 0. The Balaban J connectivity index is 2.06. The number of amides is 1. The van der Waals surface area contributed by atoms with Crippen LogP contribution in [-0.4, -0.2) is 31.7 Å². The van der Waals surface area contributed by atoms with Gasteiger partial charge in [-0.1, -0.05) is 6.92 Å². The Morgan fingerprint density at radius 3 is 2.94 bits per heavy atom. The summed E-state index contributed by atoms with van der Waals surface area (Å²) in [6, 6.07) is 2.98. The van der Waals surface area contributed by atoms with E-state index in [0.29, 0.717) is 17.9 Å². The Hall–Kier alpha value is -2.28. The highest BCUT2D eigenvalue weighted by atomic mass is 16.2. The lowest BCUT2D eigenvalue weighted by atomic mass is 10.2. The standard InChI is InChI=1S/C11H14N6O/c1-2-9(12)11(18)16-8-3-4-10(14-5-8)17-7-13-6-15-17/h3-7,9H,2,12H2,1H3,(H,16,18)/t9-/m1/s1. The van der Waals surface area contributed by atoms with Gasteiger partial charge in [-0.3, -0.25) is 4.79 Å². The number of aromatic nitrogens is 4. The van der Waals surface area contributed by atoms with Crippen LogP contribution < -0.4 is 11.1 Å². The van der Waals surface area contributed by atoms with E-state index in [0.717, 1.165) is 0 Å². The third-order valence-electron chi connectivity index (χ3n) is 2.45. The minimum Gasteiger partial charge on any atom is -0.323 e. The third kappa shape index (κ3) is 2.69. The van der Waals surface area contributed by atoms with E-state index in [9.17, 15) is 4.79 Å². The molecule has 94 valence electrons. The van der Waals surface area contributed by atoms with Gasteiger partial charge >= 0.3 is 0 Å². The molecule has 7 nitrogen and oxygen atoms in total. The number of carbonyl (C=O) groups is 1. The molecule has 0 radical (unpaired) electrons. The number of anilines is 1. The fraction of sp³-hybridized carbons (Fsp3) is 0.273. The predicted octanol–water partition coefficient (Wildman–Crippen LogP) is 0.338. The number of hydrogen-bond acceptors (Lipinski definition) is 5. The van der Waals surface area contributed by atoms with E-state index >= 15 is 0 Å². The Labute approximate surface area is 104 Å². The molecule has 18 heavy (non-hydrogen) atoms. The second kappa shape index (κ2) is 5.37. The van der Waals surface area contributed by atoms with Crippen LogP contribution in [0.5, 0.6) is 0 Å². The van der Waals surface area contributed by atoms with E-state index in [2.05, 4.69) is 20.4 Å². The first-order chi connectivity index (χ1) is 8.70. The third-order valence-corrected chi connectivity index (χ3v) is 2.45. The van der Waals surface area contributed by atoms with Crippen LogP contribution in [0.1, 0.15) is 13.3 Å². The van der Waals surface area contributed by atoms with Gasteiger partial charge in [0.1, 0.15) is 12.7 Å². The first-order valence-corrected chi connectivity index (χ1v) is 5.58. The van der Waals surface area contributed by atoms with Crippen molar-refractivity contribution in [2.24, 2.45) is 5.73 Å². The van der Waals surface area contributed by atoms with Crippen molar-refractivity contribution in [2.45, 2.75) is 19.4 Å². The quantitative estimate of drug-likeness (QED) is 0.810. The molecule has 0 aromatic carbocycles. The average Bonchev–Trinajstić information content (AvgIpc) is 2.92. The second-order valence-corrected chi connectivity index (χ2v) is 3.75. The number of pyridine rings is 1. The summed E-state index contributed by atoms with van der Waals surface area (Å²) >= 11 is 0. The fourth-order valence-electron chi connectivity index (χ4n) is 1.34. The Bertz CT molecular complexity index is 507. The van der Waals surface area contributed by atoms with Crippen LogP contribution in [0.15, 0.2) is 31.0 Å². The zero-order valence-electron chi connectivity index (χ0n) is 9.95. The van der Waals surface area contributed by atoms with Crippen LogP contribution >= 0.6 is 0 Å². The molecule has 0 spiro atoms. The van der Waals surface area contributed by atoms with Gasteiger partial charge in [-0.25, -0.2) is 14.6 Å². The van der Waals surface area contributed by atoms with E-state index in [1.807, 2.05) is 6.92 Å². The molecule has 0 fully saturated rings. The van der Waals surface area contributed by atoms with Gasteiger partial charge in [-0.05, 0) is 18.6 Å². The Morgan fingerprint density at radius 1 is 1.56 bits per heavy atom. The maximum absolute atomic E-state index is 11.6. The highest BCUT2D eigenvalue weighted by molar-refractivity contribution is 5.94. The Morgan fingerprint density at radius 2 is 2.39 bits per heavy atom. The zero-order valence-corrected chi connectivity index (χ0v) is 9.95. The maximum Gasteiger partial charge on any atom is 0.241 e. The van der Waals surface area contributed by atoms with Crippen molar-refractivity contribution in [2.75, 3.05) is 5.32 Å². The lowest BCUT2D eigenvalue weighted by molar-refractivity contribution is -0.117. The van der Waals surface area contributed by atoms with Gasteiger partial charge in [-0.15, -0.1) is 0 Å². The first kappa shape index (κ1) is 12.2. The van der Waals surface area contributed by atoms with Crippen molar-refractivity contribution < 1.29 is 4.79 Å². The Kier molecular flexibility index (Phi) is 3.63. The summed E-state index contributed by atoms with van der Waals surface area (Å²) in [5, 5.41) is 6.65. The first-order valence-electron chi connectivity index (χ1n) is 5.58. The molecule has 7 heteroatoms. The molecule has 0 saturated heterocycles. The van der Waals surface area contributed by atoms with Crippen molar-refractivity contribution >= 4 is 11.6 Å². The van der Waals surface area contributed by atoms with Crippen molar-refractivity contribution in [1.82, 2.24) is 19.7 Å². The van der Waals surface area contributed by atoms with Crippen LogP contribution in [-0.2, 0) is 4.79 Å². The summed E-state index contributed by atoms with van der Waals surface area (Å²) in [5.41, 5.74) is 6.22. The summed E-state index contributed by atoms with van der Waals surface area (Å²) < 4.78 is 1.53. The molecule has 2 rings (SSSR count). The van der Waals surface area contributed by atoms with Crippen molar-refractivity contribution in [1.29, 1.82) is 0 Å². The van der Waals surface area contributed by atoms with Crippen LogP contribution in [0.4, 0.5) is 5.69 Å². The maximum atomic E-state index is 11.6. The lowest BCUT2D eigenvalue weighted by Crippen LogP contribution is -2.34. The van der Waals surface area contributed by atoms with Gasteiger partial charge < -0.3 is 11.1 Å². The molecule has 1 atom stereocenters. The van der Waals surface area contributed by atoms with E-state index in [1.165, 1.54) is 11.0 Å². The molecule has 1 amide bonds. The van der Waals surface area contributed by atoms with Crippen molar-refractivity contribution in [3.8, 4) is 5.82 Å². The van der Waals surface area contributed by atoms with Gasteiger partial charge in [0, 0.05) is 0 Å². The predicted molar refractivity (Wildman–Crippen MR) is 66.1 cm³/mol. The molecule has 0 saturated carbocycles. The molecule has 0 unspecified atom stereocenters. The summed E-state index contributed by atoms with van der Waals surface area (Å²) in [5.74, 6) is 0.415. The number of carbonyl (C=O) groups excluding carboxylic acids is 1. The van der Waals surface area contributed by atoms with E-state index < -0.39 is 6.04 Å². The molecule has 0 aliphatic heterocycles. The van der Waals surface area contributed by atoms with Crippen LogP contribution in [0.25, 0.3) is 5.82 Å². The SMILES string of the molecule is CC[C@@H](N)C(=O)Nc1ccc(-n2cncn2)nc1. The minimum atomic E-state index is -0.500. The highest BCUT2D eigenvalue weighted by Crippen LogP contribution is 2.09. The largest absolute Gasteiger partial charge is 0.323 e. The molecule has 0 bridgehead atoms. The molecule has 0 aliphatic rings. The minimum absolute atomic E-state index is 0.215.